The van der Waals surface area contributed by atoms with Gasteiger partial charge in [0.05, 0.1) is 17.1 Å². The lowest BCUT2D eigenvalue weighted by molar-refractivity contribution is -0.189. The Kier molecular flexibility index (Phi) is 6.16. The highest BCUT2D eigenvalue weighted by Crippen LogP contribution is 2.35. The summed E-state index contributed by atoms with van der Waals surface area (Å²) in [6, 6.07) is 8.59. The minimum Gasteiger partial charge on any atom is -0.480 e. The molecule has 1 amide bonds. The molecule has 1 fully saturated rings. The summed E-state index contributed by atoms with van der Waals surface area (Å²) in [5, 5.41) is 10.8. The molecule has 2 aliphatic heterocycles. The average Bonchev–Trinajstić information content (AvgIpc) is 3.38. The van der Waals surface area contributed by atoms with Crippen molar-refractivity contribution >= 4 is 15.7 Å². The van der Waals surface area contributed by atoms with Crippen LogP contribution in [0.25, 0.3) is 0 Å². The third-order valence-electron chi connectivity index (χ3n) is 6.13. The molecule has 2 heterocycles. The van der Waals surface area contributed by atoms with Crippen LogP contribution in [0.4, 0.5) is 13.2 Å². The van der Waals surface area contributed by atoms with Crippen LogP contribution >= 0.6 is 0 Å². The molecule has 0 bridgehead atoms. The van der Waals surface area contributed by atoms with E-state index in [2.05, 4.69) is 0 Å². The Balaban J connectivity index is 1.64. The predicted molar refractivity (Wildman–Crippen MR) is 115 cm³/mol. The molecule has 1 N–H and O–H groups in total. The summed E-state index contributed by atoms with van der Waals surface area (Å²) in [6.45, 7) is 1.75. The van der Waals surface area contributed by atoms with Gasteiger partial charge in [-0.1, -0.05) is 18.2 Å². The lowest BCUT2D eigenvalue weighted by Crippen LogP contribution is -2.32. The van der Waals surface area contributed by atoms with Gasteiger partial charge in [0.25, 0.3) is 5.91 Å². The molecule has 2 aliphatic rings. The van der Waals surface area contributed by atoms with Crippen molar-refractivity contribution in [2.24, 2.45) is 0 Å². The summed E-state index contributed by atoms with van der Waals surface area (Å²) in [5.41, 5.74) is 0.905. The Hall–Kier alpha value is -2.63. The smallest absolute Gasteiger partial charge is 0.425 e. The number of ether oxygens (including phenoxy) is 2. The van der Waals surface area contributed by atoms with Crippen LogP contribution in [0, 0.1) is 0 Å². The number of aliphatic hydroxyl groups is 1. The SMILES string of the molecule is C[C@H](Oc1ccc(S(C)(=O)=O)cc1C(=O)N1Cc2ccc(C3(O)CCOC3)cc2C1)C(F)(F)F. The molecule has 34 heavy (non-hydrogen) atoms. The predicted octanol–water partition coefficient (Wildman–Crippen LogP) is 3.18. The van der Waals surface area contributed by atoms with Crippen molar-refractivity contribution in [1.29, 1.82) is 0 Å². The van der Waals surface area contributed by atoms with E-state index < -0.39 is 33.6 Å². The first-order chi connectivity index (χ1) is 15.8. The Morgan fingerprint density at radius 2 is 1.88 bits per heavy atom. The zero-order valence-corrected chi connectivity index (χ0v) is 19.4. The molecular formula is C23H24F3NO6S. The van der Waals surface area contributed by atoms with Crippen LogP contribution in [0.5, 0.6) is 5.75 Å². The van der Waals surface area contributed by atoms with Crippen molar-refractivity contribution in [2.75, 3.05) is 19.5 Å². The molecule has 1 saturated heterocycles. The number of sulfone groups is 1. The summed E-state index contributed by atoms with van der Waals surface area (Å²) in [7, 11) is -3.72. The van der Waals surface area contributed by atoms with Gasteiger partial charge in [-0.15, -0.1) is 0 Å². The standard InChI is InChI=1S/C23H24F3NO6S/c1-14(23(24,25)26)33-20-6-5-18(34(2,30)31)10-19(20)21(28)27-11-15-3-4-17(9-16(15)12-27)22(29)7-8-32-13-22/h3-6,9-10,14,29H,7-8,11-13H2,1-2H3/t14-,22?/m0/s1. The van der Waals surface area contributed by atoms with E-state index in [0.29, 0.717) is 18.6 Å². The molecule has 0 aliphatic carbocycles. The first kappa shape index (κ1) is 24.5. The van der Waals surface area contributed by atoms with Gasteiger partial charge in [-0.3, -0.25) is 4.79 Å². The first-order valence-corrected chi connectivity index (χ1v) is 12.5. The Morgan fingerprint density at radius 1 is 1.18 bits per heavy atom. The number of nitrogens with zero attached hydrogens (tertiary/aromatic N) is 1. The first-order valence-electron chi connectivity index (χ1n) is 10.6. The maximum atomic E-state index is 13.4. The lowest BCUT2D eigenvalue weighted by Gasteiger charge is -2.22. The van der Waals surface area contributed by atoms with Crippen LogP contribution in [0.3, 0.4) is 0 Å². The fourth-order valence-electron chi connectivity index (χ4n) is 4.05. The largest absolute Gasteiger partial charge is 0.480 e. The fraction of sp³-hybridized carbons (Fsp3) is 0.435. The monoisotopic (exact) mass is 499 g/mol. The van der Waals surface area contributed by atoms with Crippen molar-refractivity contribution < 1.29 is 41.0 Å². The maximum Gasteiger partial charge on any atom is 0.425 e. The van der Waals surface area contributed by atoms with Crippen molar-refractivity contribution in [1.82, 2.24) is 4.90 Å². The maximum absolute atomic E-state index is 13.4. The van der Waals surface area contributed by atoms with Gasteiger partial charge in [-0.05, 0) is 41.8 Å². The second kappa shape index (κ2) is 8.54. The summed E-state index contributed by atoms with van der Waals surface area (Å²) in [6.07, 6.45) is -5.47. The number of benzene rings is 2. The minimum absolute atomic E-state index is 0.149. The number of halogens is 3. The van der Waals surface area contributed by atoms with Crippen LogP contribution in [0.2, 0.25) is 0 Å². The van der Waals surface area contributed by atoms with E-state index in [1.807, 2.05) is 0 Å². The minimum atomic E-state index is -4.67. The van der Waals surface area contributed by atoms with E-state index in [1.165, 1.54) is 4.90 Å². The second-order valence-electron chi connectivity index (χ2n) is 8.71. The quantitative estimate of drug-likeness (QED) is 0.680. The summed E-state index contributed by atoms with van der Waals surface area (Å²) >= 11 is 0. The number of hydrogen-bond donors (Lipinski definition) is 1. The highest BCUT2D eigenvalue weighted by Gasteiger charge is 2.39. The summed E-state index contributed by atoms with van der Waals surface area (Å²) in [4.78, 5) is 14.5. The van der Waals surface area contributed by atoms with Crippen LogP contribution in [-0.2, 0) is 33.3 Å². The Labute approximate surface area is 195 Å². The average molecular weight is 500 g/mol. The molecule has 0 spiro atoms. The van der Waals surface area contributed by atoms with Crippen LogP contribution < -0.4 is 4.74 Å². The zero-order chi connectivity index (χ0) is 24.9. The van der Waals surface area contributed by atoms with Gasteiger partial charge in [0.2, 0.25) is 0 Å². The number of carbonyl (C=O) groups is 1. The van der Waals surface area contributed by atoms with Crippen LogP contribution in [0.15, 0.2) is 41.3 Å². The van der Waals surface area contributed by atoms with Crippen molar-refractivity contribution in [3.8, 4) is 5.75 Å². The van der Waals surface area contributed by atoms with Gasteiger partial charge >= 0.3 is 6.18 Å². The topological polar surface area (TPSA) is 93.1 Å². The van der Waals surface area contributed by atoms with Crippen LogP contribution in [-0.4, -0.2) is 56.1 Å². The molecule has 2 atom stereocenters. The lowest BCUT2D eigenvalue weighted by atomic mass is 9.91. The third kappa shape index (κ3) is 4.77. The molecular weight excluding hydrogens is 475 g/mol. The molecule has 7 nitrogen and oxygen atoms in total. The molecule has 4 rings (SSSR count). The Bertz CT molecular complexity index is 1220. The summed E-state index contributed by atoms with van der Waals surface area (Å²) < 4.78 is 73.6. The highest BCUT2D eigenvalue weighted by atomic mass is 32.2. The number of alkyl halides is 3. The Morgan fingerprint density at radius 3 is 2.50 bits per heavy atom. The van der Waals surface area contributed by atoms with E-state index >= 15 is 0 Å². The summed E-state index contributed by atoms with van der Waals surface area (Å²) in [5.74, 6) is -1.01. The molecule has 0 saturated carbocycles. The van der Waals surface area contributed by atoms with E-state index in [1.54, 1.807) is 18.2 Å². The third-order valence-corrected chi connectivity index (χ3v) is 7.24. The van der Waals surface area contributed by atoms with Gasteiger partial charge in [0, 0.05) is 32.4 Å². The molecule has 11 heteroatoms. The van der Waals surface area contributed by atoms with Gasteiger partial charge in [-0.2, -0.15) is 13.2 Å². The number of carbonyl (C=O) groups excluding carboxylic acids is 1. The van der Waals surface area contributed by atoms with Crippen molar-refractivity contribution in [3.63, 3.8) is 0 Å². The van der Waals surface area contributed by atoms with Gasteiger partial charge < -0.3 is 19.5 Å². The number of rotatable bonds is 5. The van der Waals surface area contributed by atoms with Gasteiger partial charge in [0.1, 0.15) is 11.4 Å². The molecule has 2 aromatic carbocycles. The molecule has 1 unspecified atom stereocenters. The normalized spacial score (nSPS) is 21.4. The van der Waals surface area contributed by atoms with Crippen molar-refractivity contribution in [2.45, 2.75) is 49.2 Å². The van der Waals surface area contributed by atoms with Gasteiger partial charge in [0.15, 0.2) is 15.9 Å². The molecule has 0 aromatic heterocycles. The molecule has 184 valence electrons. The van der Waals surface area contributed by atoms with E-state index in [0.717, 1.165) is 42.5 Å². The molecule has 0 radical (unpaired) electrons. The zero-order valence-electron chi connectivity index (χ0n) is 18.6. The molecule has 2 aromatic rings. The van der Waals surface area contributed by atoms with Gasteiger partial charge in [-0.25, -0.2) is 8.42 Å². The van der Waals surface area contributed by atoms with Crippen molar-refractivity contribution in [3.05, 3.63) is 58.7 Å². The van der Waals surface area contributed by atoms with E-state index in [9.17, 15) is 31.5 Å². The number of amides is 1. The second-order valence-corrected chi connectivity index (χ2v) is 10.7. The number of fused-ring (bicyclic) bond motifs is 1. The number of hydrogen-bond acceptors (Lipinski definition) is 6. The van der Waals surface area contributed by atoms with E-state index in [4.69, 9.17) is 9.47 Å². The van der Waals surface area contributed by atoms with E-state index in [-0.39, 0.29) is 35.9 Å². The highest BCUT2D eigenvalue weighted by molar-refractivity contribution is 7.90. The fourth-order valence-corrected chi connectivity index (χ4v) is 4.69. The van der Waals surface area contributed by atoms with Crippen LogP contribution in [0.1, 0.15) is 40.4 Å².